The van der Waals surface area contributed by atoms with Crippen molar-refractivity contribution in [1.29, 1.82) is 0 Å². The third-order valence-corrected chi connectivity index (χ3v) is 4.41. The summed E-state index contributed by atoms with van der Waals surface area (Å²) in [6.45, 7) is 2.65. The molecule has 1 atom stereocenters. The van der Waals surface area contributed by atoms with E-state index in [1.807, 2.05) is 6.07 Å². The molecule has 0 N–H and O–H groups in total. The van der Waals surface area contributed by atoms with Gasteiger partial charge in [-0.15, -0.1) is 0 Å². The maximum Gasteiger partial charge on any atom is 0.247 e. The lowest BCUT2D eigenvalue weighted by Gasteiger charge is -2.35. The van der Waals surface area contributed by atoms with E-state index in [1.165, 1.54) is 10.9 Å². The largest absolute Gasteiger partial charge is 0.330 e. The molecule has 0 saturated carbocycles. The van der Waals surface area contributed by atoms with Crippen LogP contribution in [0.25, 0.3) is 0 Å². The van der Waals surface area contributed by atoms with Gasteiger partial charge in [0.1, 0.15) is 12.6 Å². The van der Waals surface area contributed by atoms with Crippen LogP contribution in [0.4, 0.5) is 5.69 Å². The van der Waals surface area contributed by atoms with E-state index in [9.17, 15) is 9.59 Å². The first kappa shape index (κ1) is 16.8. The quantitative estimate of drug-likeness (QED) is 0.838. The highest BCUT2D eigenvalue weighted by Gasteiger charge is 2.31. The first-order valence-corrected chi connectivity index (χ1v) is 8.25. The molecule has 1 aromatic heterocycles. The number of hydrogen-bond donors (Lipinski definition) is 0. The second kappa shape index (κ2) is 6.83. The minimum Gasteiger partial charge on any atom is -0.330 e. The molecule has 2 aromatic rings. The van der Waals surface area contributed by atoms with E-state index in [0.29, 0.717) is 23.1 Å². The highest BCUT2D eigenvalue weighted by atomic mass is 35.5. The fourth-order valence-corrected chi connectivity index (χ4v) is 3.01. The van der Waals surface area contributed by atoms with Crippen molar-refractivity contribution >= 4 is 40.7 Å². The van der Waals surface area contributed by atoms with Gasteiger partial charge < -0.3 is 9.80 Å². The molecule has 24 heavy (non-hydrogen) atoms. The van der Waals surface area contributed by atoms with Gasteiger partial charge in [-0.25, -0.2) is 0 Å². The summed E-state index contributed by atoms with van der Waals surface area (Å²) in [5, 5.41) is 5.09. The van der Waals surface area contributed by atoms with Crippen molar-refractivity contribution in [2.24, 2.45) is 0 Å². The van der Waals surface area contributed by atoms with Crippen molar-refractivity contribution in [3.05, 3.63) is 46.7 Å². The lowest BCUT2D eigenvalue weighted by atomic mass is 10.2. The molecule has 2 heterocycles. The van der Waals surface area contributed by atoms with E-state index in [4.69, 9.17) is 23.2 Å². The van der Waals surface area contributed by atoms with Gasteiger partial charge in [0.15, 0.2) is 0 Å². The smallest absolute Gasteiger partial charge is 0.247 e. The number of nitrogens with zero attached hydrogens (tertiary/aromatic N) is 4. The summed E-state index contributed by atoms with van der Waals surface area (Å²) in [6, 6.07) is 6.61. The Bertz CT molecular complexity index is 777. The Morgan fingerprint density at radius 3 is 2.67 bits per heavy atom. The van der Waals surface area contributed by atoms with Crippen molar-refractivity contribution in [2.45, 2.75) is 13.0 Å². The number of carbonyl (C=O) groups is 2. The van der Waals surface area contributed by atoms with E-state index < -0.39 is 6.04 Å². The van der Waals surface area contributed by atoms with Crippen LogP contribution in [-0.2, 0) is 9.59 Å². The molecule has 3 rings (SSSR count). The minimum absolute atomic E-state index is 0.0324. The number of anilines is 1. The van der Waals surface area contributed by atoms with E-state index in [-0.39, 0.29) is 18.4 Å². The van der Waals surface area contributed by atoms with Gasteiger partial charge in [-0.3, -0.25) is 14.3 Å². The van der Waals surface area contributed by atoms with Gasteiger partial charge >= 0.3 is 0 Å². The van der Waals surface area contributed by atoms with Gasteiger partial charge in [0.2, 0.25) is 11.8 Å². The molecule has 0 bridgehead atoms. The van der Waals surface area contributed by atoms with Crippen molar-refractivity contribution in [3.8, 4) is 0 Å². The van der Waals surface area contributed by atoms with Crippen LogP contribution >= 0.6 is 23.2 Å². The summed E-state index contributed by atoms with van der Waals surface area (Å²) in [6.07, 6.45) is 3.07. The summed E-state index contributed by atoms with van der Waals surface area (Å²) < 4.78 is 1.50. The summed E-state index contributed by atoms with van der Waals surface area (Å²) in [5.41, 5.74) is 0.742. The average molecular weight is 367 g/mol. The highest BCUT2D eigenvalue weighted by Crippen LogP contribution is 2.22. The molecule has 1 aromatic carbocycles. The minimum atomic E-state index is -0.511. The molecular formula is C16H16Cl2N4O2. The van der Waals surface area contributed by atoms with Crippen molar-refractivity contribution < 1.29 is 9.59 Å². The maximum absolute atomic E-state index is 12.6. The third kappa shape index (κ3) is 3.39. The zero-order valence-electron chi connectivity index (χ0n) is 13.0. The molecule has 0 radical (unpaired) electrons. The van der Waals surface area contributed by atoms with Crippen molar-refractivity contribution in [1.82, 2.24) is 14.7 Å². The number of piperazine rings is 1. The summed E-state index contributed by atoms with van der Waals surface area (Å²) in [4.78, 5) is 28.2. The molecule has 1 saturated heterocycles. The van der Waals surface area contributed by atoms with Crippen LogP contribution in [0, 0.1) is 0 Å². The number of benzene rings is 1. The second-order valence-corrected chi connectivity index (χ2v) is 6.47. The normalized spacial score (nSPS) is 16.4. The van der Waals surface area contributed by atoms with E-state index in [1.54, 1.807) is 41.1 Å². The van der Waals surface area contributed by atoms with Crippen molar-refractivity contribution in [3.63, 3.8) is 0 Å². The molecule has 1 aliphatic rings. The van der Waals surface area contributed by atoms with Gasteiger partial charge in [0, 0.05) is 30.0 Å². The van der Waals surface area contributed by atoms with Crippen molar-refractivity contribution in [2.75, 3.05) is 24.5 Å². The van der Waals surface area contributed by atoms with E-state index in [2.05, 4.69) is 5.10 Å². The maximum atomic E-state index is 12.6. The van der Waals surface area contributed by atoms with Crippen LogP contribution in [0.2, 0.25) is 10.0 Å². The topological polar surface area (TPSA) is 58.4 Å². The monoisotopic (exact) mass is 366 g/mol. The average Bonchev–Trinajstić information content (AvgIpc) is 3.00. The molecule has 126 valence electrons. The predicted molar refractivity (Wildman–Crippen MR) is 92.3 cm³/mol. The lowest BCUT2D eigenvalue weighted by Crippen LogP contribution is -2.53. The third-order valence-electron chi connectivity index (χ3n) is 3.98. The SMILES string of the molecule is CC(C(=O)N1CCN(c2cccc(Cl)c2)C(=O)C1)n1cc(Cl)cn1. The molecule has 0 spiro atoms. The first-order valence-electron chi connectivity index (χ1n) is 7.50. The van der Waals surface area contributed by atoms with Gasteiger partial charge in [0.05, 0.1) is 11.2 Å². The van der Waals surface area contributed by atoms with Crippen LogP contribution < -0.4 is 4.90 Å². The number of hydrogen-bond acceptors (Lipinski definition) is 3. The Kier molecular flexibility index (Phi) is 4.78. The number of aromatic nitrogens is 2. The Hall–Kier alpha value is -2.05. The van der Waals surface area contributed by atoms with Crippen LogP contribution in [-0.4, -0.2) is 46.1 Å². The fourth-order valence-electron chi connectivity index (χ4n) is 2.68. The van der Waals surface area contributed by atoms with E-state index in [0.717, 1.165) is 5.69 Å². The predicted octanol–water partition coefficient (Wildman–Crippen LogP) is 2.63. The number of halogens is 2. The Morgan fingerprint density at radius 2 is 2.04 bits per heavy atom. The number of amides is 2. The molecule has 6 nitrogen and oxygen atoms in total. The molecule has 1 unspecified atom stereocenters. The Balaban J connectivity index is 1.69. The second-order valence-electron chi connectivity index (χ2n) is 5.60. The zero-order valence-corrected chi connectivity index (χ0v) is 14.5. The summed E-state index contributed by atoms with van der Waals surface area (Å²) in [7, 11) is 0. The lowest BCUT2D eigenvalue weighted by molar-refractivity contribution is -0.139. The Labute approximate surface area is 149 Å². The fraction of sp³-hybridized carbons (Fsp3) is 0.312. The molecule has 1 fully saturated rings. The first-order chi connectivity index (χ1) is 11.5. The molecule has 1 aliphatic heterocycles. The standard InChI is InChI=1S/C16H16Cl2N4O2/c1-11(22-9-13(18)8-19-22)16(24)20-5-6-21(15(23)10-20)14-4-2-3-12(17)7-14/h2-4,7-9,11H,5-6,10H2,1H3. The van der Waals surface area contributed by atoms with Crippen LogP contribution in [0.15, 0.2) is 36.7 Å². The van der Waals surface area contributed by atoms with Crippen LogP contribution in [0.5, 0.6) is 0 Å². The van der Waals surface area contributed by atoms with Gasteiger partial charge in [-0.1, -0.05) is 29.3 Å². The molecule has 0 aliphatic carbocycles. The highest BCUT2D eigenvalue weighted by molar-refractivity contribution is 6.31. The molecular weight excluding hydrogens is 351 g/mol. The van der Waals surface area contributed by atoms with Gasteiger partial charge in [-0.05, 0) is 25.1 Å². The number of carbonyl (C=O) groups excluding carboxylic acids is 2. The van der Waals surface area contributed by atoms with E-state index >= 15 is 0 Å². The number of rotatable bonds is 3. The van der Waals surface area contributed by atoms with Crippen LogP contribution in [0.3, 0.4) is 0 Å². The van der Waals surface area contributed by atoms with Crippen LogP contribution in [0.1, 0.15) is 13.0 Å². The zero-order chi connectivity index (χ0) is 17.3. The molecule has 2 amide bonds. The van der Waals surface area contributed by atoms with Gasteiger partial charge in [0.25, 0.3) is 0 Å². The summed E-state index contributed by atoms with van der Waals surface area (Å²) >= 11 is 11.8. The molecule has 8 heteroatoms. The Morgan fingerprint density at radius 1 is 1.25 bits per heavy atom. The van der Waals surface area contributed by atoms with Gasteiger partial charge in [-0.2, -0.15) is 5.10 Å². The summed E-state index contributed by atoms with van der Waals surface area (Å²) in [5.74, 6) is -0.295.